The van der Waals surface area contributed by atoms with Crippen molar-refractivity contribution in [2.45, 2.75) is 6.92 Å². The van der Waals surface area contributed by atoms with E-state index in [1.54, 1.807) is 12.1 Å². The molecule has 0 saturated heterocycles. The Bertz CT molecular complexity index is 1310. The number of carbonyl (C=O) groups is 4. The standard InChI is InChI=1S/C23H15N3O6/c1-13(27)24-16-6-8-17(9-7-16)25-22(29)19-10-5-15(12-20(19)23(25)30)21(28)14-3-2-4-18(11-14)26(31)32/h2-12H,1H3,(H,24,27). The van der Waals surface area contributed by atoms with Crippen molar-refractivity contribution in [2.75, 3.05) is 10.2 Å². The highest BCUT2D eigenvalue weighted by molar-refractivity contribution is 6.35. The minimum Gasteiger partial charge on any atom is -0.326 e. The summed E-state index contributed by atoms with van der Waals surface area (Å²) < 4.78 is 0. The van der Waals surface area contributed by atoms with Crippen molar-refractivity contribution in [3.05, 3.63) is 99.1 Å². The number of rotatable bonds is 5. The second kappa shape index (κ2) is 7.88. The molecule has 9 nitrogen and oxygen atoms in total. The van der Waals surface area contributed by atoms with Gasteiger partial charge in [0.25, 0.3) is 17.5 Å². The van der Waals surface area contributed by atoms with Gasteiger partial charge in [-0.15, -0.1) is 0 Å². The first-order valence-electron chi connectivity index (χ1n) is 9.46. The molecule has 0 saturated carbocycles. The van der Waals surface area contributed by atoms with Crippen LogP contribution in [0.25, 0.3) is 0 Å². The molecule has 4 rings (SSSR count). The first-order chi connectivity index (χ1) is 15.3. The monoisotopic (exact) mass is 429 g/mol. The number of hydrogen-bond donors (Lipinski definition) is 1. The Hall–Kier alpha value is -4.66. The maximum atomic E-state index is 13.0. The largest absolute Gasteiger partial charge is 0.326 e. The van der Waals surface area contributed by atoms with E-state index in [1.807, 2.05) is 0 Å². The molecule has 0 bridgehead atoms. The summed E-state index contributed by atoms with van der Waals surface area (Å²) >= 11 is 0. The zero-order chi connectivity index (χ0) is 23.0. The van der Waals surface area contributed by atoms with E-state index in [2.05, 4.69) is 5.32 Å². The minimum atomic E-state index is -0.600. The maximum Gasteiger partial charge on any atom is 0.270 e. The molecule has 9 heteroatoms. The van der Waals surface area contributed by atoms with Crippen molar-refractivity contribution in [2.24, 2.45) is 0 Å². The van der Waals surface area contributed by atoms with Crippen LogP contribution < -0.4 is 10.2 Å². The fourth-order valence-corrected chi connectivity index (χ4v) is 3.44. The molecule has 0 fully saturated rings. The molecule has 0 radical (unpaired) electrons. The van der Waals surface area contributed by atoms with Crippen LogP contribution in [0.3, 0.4) is 0 Å². The predicted octanol–water partition coefficient (Wildman–Crippen LogP) is 3.58. The van der Waals surface area contributed by atoms with Crippen molar-refractivity contribution >= 4 is 40.6 Å². The van der Waals surface area contributed by atoms with Gasteiger partial charge in [-0.05, 0) is 36.4 Å². The van der Waals surface area contributed by atoms with Crippen molar-refractivity contribution < 1.29 is 24.1 Å². The van der Waals surface area contributed by atoms with E-state index < -0.39 is 22.5 Å². The van der Waals surface area contributed by atoms with E-state index in [-0.39, 0.29) is 33.8 Å². The molecule has 0 aliphatic carbocycles. The van der Waals surface area contributed by atoms with Crippen LogP contribution in [0.5, 0.6) is 0 Å². The molecule has 1 aliphatic rings. The van der Waals surface area contributed by atoms with Gasteiger partial charge in [-0.3, -0.25) is 29.3 Å². The lowest BCUT2D eigenvalue weighted by Crippen LogP contribution is -2.29. The van der Waals surface area contributed by atoms with Crippen LogP contribution in [-0.2, 0) is 4.79 Å². The number of ketones is 1. The van der Waals surface area contributed by atoms with Crippen LogP contribution >= 0.6 is 0 Å². The van der Waals surface area contributed by atoms with E-state index in [1.165, 1.54) is 55.5 Å². The summed E-state index contributed by atoms with van der Waals surface area (Å²) in [5, 5.41) is 13.6. The van der Waals surface area contributed by atoms with Crippen LogP contribution in [-0.4, -0.2) is 28.4 Å². The zero-order valence-corrected chi connectivity index (χ0v) is 16.7. The number of nitrogens with one attached hydrogen (secondary N) is 1. The molecular weight excluding hydrogens is 414 g/mol. The van der Waals surface area contributed by atoms with Gasteiger partial charge in [0.15, 0.2) is 5.78 Å². The van der Waals surface area contributed by atoms with Gasteiger partial charge in [0.05, 0.1) is 21.7 Å². The van der Waals surface area contributed by atoms with E-state index in [0.29, 0.717) is 11.4 Å². The first kappa shape index (κ1) is 20.6. The molecule has 0 unspecified atom stereocenters. The summed E-state index contributed by atoms with van der Waals surface area (Å²) in [5.74, 6) is -1.88. The summed E-state index contributed by atoms with van der Waals surface area (Å²) in [6.45, 7) is 1.37. The summed E-state index contributed by atoms with van der Waals surface area (Å²) in [6, 6.07) is 15.6. The molecule has 0 atom stereocenters. The number of anilines is 2. The van der Waals surface area contributed by atoms with Gasteiger partial charge in [0.2, 0.25) is 5.91 Å². The smallest absolute Gasteiger partial charge is 0.270 e. The lowest BCUT2D eigenvalue weighted by Gasteiger charge is -2.14. The van der Waals surface area contributed by atoms with Crippen LogP contribution in [0.15, 0.2) is 66.7 Å². The molecule has 3 aromatic rings. The van der Waals surface area contributed by atoms with Crippen molar-refractivity contribution in [3.8, 4) is 0 Å². The van der Waals surface area contributed by atoms with Crippen LogP contribution in [0, 0.1) is 10.1 Å². The number of amides is 3. The Balaban J connectivity index is 1.64. The molecule has 32 heavy (non-hydrogen) atoms. The number of fused-ring (bicyclic) bond motifs is 1. The normalized spacial score (nSPS) is 12.5. The molecule has 3 aromatic carbocycles. The Morgan fingerprint density at radius 2 is 1.53 bits per heavy atom. The average molecular weight is 429 g/mol. The maximum absolute atomic E-state index is 13.0. The molecule has 1 N–H and O–H groups in total. The summed E-state index contributed by atoms with van der Waals surface area (Å²) in [7, 11) is 0. The molecule has 0 aromatic heterocycles. The number of nitro groups is 1. The average Bonchev–Trinajstić information content (AvgIpc) is 3.03. The van der Waals surface area contributed by atoms with Crippen LogP contribution in [0.1, 0.15) is 43.6 Å². The number of non-ortho nitro benzene ring substituents is 1. The Kier molecular flexibility index (Phi) is 5.07. The third-order valence-electron chi connectivity index (χ3n) is 4.91. The second-order valence-corrected chi connectivity index (χ2v) is 7.07. The SMILES string of the molecule is CC(=O)Nc1ccc(N2C(=O)c3ccc(C(=O)c4cccc([N+](=O)[O-])c4)cc3C2=O)cc1. The van der Waals surface area contributed by atoms with Gasteiger partial charge < -0.3 is 5.32 Å². The molecule has 0 spiro atoms. The Labute approximate surface area is 181 Å². The topological polar surface area (TPSA) is 127 Å². The lowest BCUT2D eigenvalue weighted by molar-refractivity contribution is -0.384. The van der Waals surface area contributed by atoms with Crippen molar-refractivity contribution in [1.29, 1.82) is 0 Å². The highest BCUT2D eigenvalue weighted by atomic mass is 16.6. The van der Waals surface area contributed by atoms with E-state index in [0.717, 1.165) is 11.0 Å². The molecule has 1 aliphatic heterocycles. The first-order valence-corrected chi connectivity index (χ1v) is 9.46. The van der Waals surface area contributed by atoms with Gasteiger partial charge in [0, 0.05) is 35.9 Å². The van der Waals surface area contributed by atoms with Gasteiger partial charge in [-0.2, -0.15) is 0 Å². The molecule has 3 amide bonds. The van der Waals surface area contributed by atoms with Crippen molar-refractivity contribution in [1.82, 2.24) is 0 Å². The van der Waals surface area contributed by atoms with Gasteiger partial charge in [0.1, 0.15) is 0 Å². The number of hydrogen-bond acceptors (Lipinski definition) is 6. The minimum absolute atomic E-state index is 0.0669. The van der Waals surface area contributed by atoms with Gasteiger partial charge in [-0.25, -0.2) is 4.90 Å². The predicted molar refractivity (Wildman–Crippen MR) is 115 cm³/mol. The highest BCUT2D eigenvalue weighted by Gasteiger charge is 2.37. The summed E-state index contributed by atoms with van der Waals surface area (Å²) in [4.78, 5) is 61.1. The summed E-state index contributed by atoms with van der Waals surface area (Å²) in [6.07, 6.45) is 0. The number of benzene rings is 3. The molecular formula is C23H15N3O6. The summed E-state index contributed by atoms with van der Waals surface area (Å²) in [5.41, 5.74) is 1.06. The van der Waals surface area contributed by atoms with E-state index in [9.17, 15) is 29.3 Å². The molecule has 1 heterocycles. The third kappa shape index (κ3) is 3.63. The number of nitro benzene ring substituents is 1. The Morgan fingerprint density at radius 3 is 2.19 bits per heavy atom. The zero-order valence-electron chi connectivity index (χ0n) is 16.7. The lowest BCUT2D eigenvalue weighted by atomic mass is 9.99. The number of imide groups is 1. The quantitative estimate of drug-likeness (QED) is 0.286. The van der Waals surface area contributed by atoms with Gasteiger partial charge >= 0.3 is 0 Å². The fourth-order valence-electron chi connectivity index (χ4n) is 3.44. The number of carbonyl (C=O) groups excluding carboxylic acids is 4. The van der Waals surface area contributed by atoms with Crippen LogP contribution in [0.4, 0.5) is 17.1 Å². The van der Waals surface area contributed by atoms with E-state index >= 15 is 0 Å². The second-order valence-electron chi connectivity index (χ2n) is 7.07. The highest BCUT2D eigenvalue weighted by Crippen LogP contribution is 2.30. The van der Waals surface area contributed by atoms with Crippen LogP contribution in [0.2, 0.25) is 0 Å². The van der Waals surface area contributed by atoms with E-state index in [4.69, 9.17) is 0 Å². The number of nitrogens with zero attached hydrogens (tertiary/aromatic N) is 2. The van der Waals surface area contributed by atoms with Crippen molar-refractivity contribution in [3.63, 3.8) is 0 Å². The molecule has 158 valence electrons. The fraction of sp³-hybridized carbons (Fsp3) is 0.0435. The Morgan fingerprint density at radius 1 is 0.875 bits per heavy atom. The van der Waals surface area contributed by atoms with Gasteiger partial charge in [-0.1, -0.05) is 18.2 Å². The third-order valence-corrected chi connectivity index (χ3v) is 4.91.